The summed E-state index contributed by atoms with van der Waals surface area (Å²) in [5.74, 6) is 2.58. The minimum Gasteiger partial charge on any atom is -0.326 e. The van der Waals surface area contributed by atoms with E-state index in [0.717, 1.165) is 17.8 Å². The Labute approximate surface area is 120 Å². The van der Waals surface area contributed by atoms with Gasteiger partial charge in [0.2, 0.25) is 0 Å². The zero-order valence-electron chi connectivity index (χ0n) is 13.3. The number of hydrogen-bond donors (Lipinski definition) is 1. The summed E-state index contributed by atoms with van der Waals surface area (Å²) < 4.78 is 0. The van der Waals surface area contributed by atoms with Crippen LogP contribution < -0.4 is 5.73 Å². The van der Waals surface area contributed by atoms with Crippen LogP contribution in [0.2, 0.25) is 0 Å². The van der Waals surface area contributed by atoms with Crippen LogP contribution in [0.1, 0.15) is 65.7 Å². The van der Waals surface area contributed by atoms with Gasteiger partial charge in [-0.25, -0.2) is 0 Å². The Kier molecular flexibility index (Phi) is 5.70. The van der Waals surface area contributed by atoms with Gasteiger partial charge < -0.3 is 5.73 Å². The van der Waals surface area contributed by atoms with Crippen molar-refractivity contribution in [2.24, 2.45) is 23.5 Å². The molecule has 1 aliphatic carbocycles. The van der Waals surface area contributed by atoms with Gasteiger partial charge in [-0.2, -0.15) is 0 Å². The van der Waals surface area contributed by atoms with Gasteiger partial charge in [-0.15, -0.1) is 0 Å². The average molecular weight is 266 g/mol. The maximum Gasteiger partial charge on any atom is 0.0272 e. The lowest BCUT2D eigenvalue weighted by Gasteiger charge is -2.44. The van der Waals surface area contributed by atoms with Crippen LogP contribution in [0.5, 0.6) is 0 Å². The average Bonchev–Trinajstić information content (AvgIpc) is 2.54. The van der Waals surface area contributed by atoms with Gasteiger partial charge in [0.15, 0.2) is 0 Å². The molecule has 0 aromatic heterocycles. The summed E-state index contributed by atoms with van der Waals surface area (Å²) in [6, 6.07) is 1.05. The van der Waals surface area contributed by atoms with Crippen molar-refractivity contribution in [3.05, 3.63) is 0 Å². The highest BCUT2D eigenvalue weighted by Crippen LogP contribution is 2.33. The first kappa shape index (κ1) is 15.3. The molecule has 0 radical (unpaired) electrons. The molecule has 1 aliphatic heterocycles. The molecule has 2 heteroatoms. The smallest absolute Gasteiger partial charge is 0.0272 e. The van der Waals surface area contributed by atoms with E-state index in [1.165, 1.54) is 58.0 Å². The Morgan fingerprint density at radius 1 is 1.11 bits per heavy atom. The molecular weight excluding hydrogens is 232 g/mol. The zero-order valence-corrected chi connectivity index (χ0v) is 13.3. The molecule has 5 atom stereocenters. The quantitative estimate of drug-likeness (QED) is 0.845. The van der Waals surface area contributed by atoms with Crippen molar-refractivity contribution in [3.63, 3.8) is 0 Å². The first-order valence-electron chi connectivity index (χ1n) is 8.61. The van der Waals surface area contributed by atoms with E-state index in [9.17, 15) is 0 Å². The van der Waals surface area contributed by atoms with Crippen LogP contribution >= 0.6 is 0 Å². The molecule has 1 heterocycles. The van der Waals surface area contributed by atoms with E-state index in [1.807, 2.05) is 0 Å². The lowest BCUT2D eigenvalue weighted by atomic mass is 9.76. The van der Waals surface area contributed by atoms with Crippen molar-refractivity contribution in [1.29, 1.82) is 0 Å². The lowest BCUT2D eigenvalue weighted by molar-refractivity contribution is 0.0771. The zero-order chi connectivity index (χ0) is 13.8. The van der Waals surface area contributed by atoms with Crippen LogP contribution in [0.4, 0.5) is 0 Å². The molecule has 2 rings (SSSR count). The number of hydrogen-bond acceptors (Lipinski definition) is 2. The fourth-order valence-electron chi connectivity index (χ4n) is 4.71. The van der Waals surface area contributed by atoms with E-state index >= 15 is 0 Å². The molecule has 2 nitrogen and oxygen atoms in total. The number of rotatable bonds is 3. The molecule has 1 saturated heterocycles. The molecule has 2 fully saturated rings. The molecule has 2 aliphatic rings. The van der Waals surface area contributed by atoms with Crippen LogP contribution in [0, 0.1) is 17.8 Å². The highest BCUT2D eigenvalue weighted by atomic mass is 15.2. The minimum absolute atomic E-state index is 0.404. The monoisotopic (exact) mass is 266 g/mol. The number of nitrogens with two attached hydrogens (primary N) is 1. The third-order valence-electron chi connectivity index (χ3n) is 5.47. The third kappa shape index (κ3) is 3.95. The molecule has 19 heavy (non-hydrogen) atoms. The fraction of sp³-hybridized carbons (Fsp3) is 1.00. The summed E-state index contributed by atoms with van der Waals surface area (Å²) in [6.07, 6.45) is 9.60. The largest absolute Gasteiger partial charge is 0.326 e. The predicted octanol–water partition coefficient (Wildman–Crippen LogP) is 3.65. The summed E-state index contributed by atoms with van der Waals surface area (Å²) in [5, 5.41) is 0. The van der Waals surface area contributed by atoms with Crippen LogP contribution in [-0.2, 0) is 0 Å². The molecule has 5 unspecified atom stereocenters. The second-order valence-electron chi connectivity index (χ2n) is 7.33. The highest BCUT2D eigenvalue weighted by Gasteiger charge is 2.36. The van der Waals surface area contributed by atoms with Gasteiger partial charge in [0, 0.05) is 12.1 Å². The van der Waals surface area contributed by atoms with Crippen molar-refractivity contribution in [3.8, 4) is 0 Å². The predicted molar refractivity (Wildman–Crippen MR) is 83.1 cm³/mol. The second kappa shape index (κ2) is 7.08. The normalized spacial score (nSPS) is 42.0. The standard InChI is InChI=1S/C17H34N2/c1-4-6-15-7-5-9-19(10-8-15)17-14(3)11-13(2)12-16(17)18/h13-17H,4-12,18H2,1-3H3. The SMILES string of the molecule is CCCC1CCCN(C2C(C)CC(C)CC2N)CC1. The summed E-state index contributed by atoms with van der Waals surface area (Å²) in [7, 11) is 0. The minimum atomic E-state index is 0.404. The Hall–Kier alpha value is -0.0800. The maximum absolute atomic E-state index is 6.49. The van der Waals surface area contributed by atoms with Crippen molar-refractivity contribution in [2.45, 2.75) is 77.8 Å². The molecule has 1 saturated carbocycles. The fourth-order valence-corrected chi connectivity index (χ4v) is 4.71. The van der Waals surface area contributed by atoms with E-state index in [4.69, 9.17) is 5.73 Å². The van der Waals surface area contributed by atoms with Crippen molar-refractivity contribution in [1.82, 2.24) is 4.90 Å². The van der Waals surface area contributed by atoms with E-state index in [1.54, 1.807) is 0 Å². The molecule has 0 aromatic carbocycles. The first-order valence-corrected chi connectivity index (χ1v) is 8.61. The third-order valence-corrected chi connectivity index (χ3v) is 5.47. The van der Waals surface area contributed by atoms with Gasteiger partial charge in [0.05, 0.1) is 0 Å². The lowest BCUT2D eigenvalue weighted by Crippen LogP contribution is -2.55. The summed E-state index contributed by atoms with van der Waals surface area (Å²) in [6.45, 7) is 9.70. The van der Waals surface area contributed by atoms with Gasteiger partial charge in [-0.3, -0.25) is 4.90 Å². The molecule has 2 N–H and O–H groups in total. The highest BCUT2D eigenvalue weighted by molar-refractivity contribution is 4.93. The second-order valence-corrected chi connectivity index (χ2v) is 7.33. The summed E-state index contributed by atoms with van der Waals surface area (Å²) in [4.78, 5) is 2.75. The molecule has 0 spiro atoms. The van der Waals surface area contributed by atoms with Crippen LogP contribution in [0.25, 0.3) is 0 Å². The van der Waals surface area contributed by atoms with Crippen LogP contribution in [0.15, 0.2) is 0 Å². The van der Waals surface area contributed by atoms with E-state index in [2.05, 4.69) is 25.7 Å². The summed E-state index contributed by atoms with van der Waals surface area (Å²) >= 11 is 0. The topological polar surface area (TPSA) is 29.3 Å². The molecular formula is C17H34N2. The van der Waals surface area contributed by atoms with Crippen molar-refractivity contribution >= 4 is 0 Å². The molecule has 0 aromatic rings. The van der Waals surface area contributed by atoms with Crippen molar-refractivity contribution in [2.75, 3.05) is 13.1 Å². The van der Waals surface area contributed by atoms with Gasteiger partial charge in [-0.1, -0.05) is 33.6 Å². The Morgan fingerprint density at radius 3 is 2.58 bits per heavy atom. The van der Waals surface area contributed by atoms with Gasteiger partial charge in [0.25, 0.3) is 0 Å². The van der Waals surface area contributed by atoms with Gasteiger partial charge in [0.1, 0.15) is 0 Å². The van der Waals surface area contributed by atoms with Crippen LogP contribution in [0.3, 0.4) is 0 Å². The number of nitrogens with zero attached hydrogens (tertiary/aromatic N) is 1. The number of likely N-dealkylation sites (tertiary alicyclic amines) is 1. The van der Waals surface area contributed by atoms with Crippen molar-refractivity contribution < 1.29 is 0 Å². The first-order chi connectivity index (χ1) is 9.11. The van der Waals surface area contributed by atoms with E-state index in [0.29, 0.717) is 12.1 Å². The van der Waals surface area contributed by atoms with Crippen LogP contribution in [-0.4, -0.2) is 30.1 Å². The van der Waals surface area contributed by atoms with Gasteiger partial charge >= 0.3 is 0 Å². The Balaban J connectivity index is 1.93. The molecule has 0 bridgehead atoms. The Morgan fingerprint density at radius 2 is 1.89 bits per heavy atom. The van der Waals surface area contributed by atoms with E-state index in [-0.39, 0.29) is 0 Å². The molecule has 112 valence electrons. The maximum atomic E-state index is 6.49. The summed E-state index contributed by atoms with van der Waals surface area (Å²) in [5.41, 5.74) is 6.49. The van der Waals surface area contributed by atoms with E-state index < -0.39 is 0 Å². The van der Waals surface area contributed by atoms with Gasteiger partial charge in [-0.05, 0) is 62.9 Å². The Bertz CT molecular complexity index is 254. The molecule has 0 amide bonds.